The van der Waals surface area contributed by atoms with Crippen molar-refractivity contribution in [3.8, 4) is 0 Å². The number of primary amides is 1. The Hall–Kier alpha value is -8.29. The number of aldehydes is 1. The number of nitrogens with two attached hydrogens (primary N) is 4. The van der Waals surface area contributed by atoms with Crippen LogP contribution in [0.25, 0.3) is 10.9 Å². The Morgan fingerprint density at radius 1 is 0.600 bits per heavy atom. The molecule has 0 unspecified atom stereocenters. The Balaban J connectivity index is 2.60. The number of aliphatic hydroxyl groups excluding tert-OH is 3. The second kappa shape index (κ2) is 37.1. The molecule has 0 saturated carbocycles. The predicted octanol–water partition coefficient (Wildman–Crippen LogP) is -5.69. The Kier molecular flexibility index (Phi) is 31.8. The number of aromatic amines is 1. The number of carbonyl (C=O) groups excluding carboxylic acids is 12. The fraction of sp³-hybridized carbons (Fsp3) is 0.611. The van der Waals surface area contributed by atoms with Crippen molar-refractivity contribution in [2.75, 3.05) is 26.3 Å². The van der Waals surface area contributed by atoms with Crippen molar-refractivity contribution in [1.82, 2.24) is 58.2 Å². The quantitative estimate of drug-likeness (QED) is 0.0128. The molecule has 474 valence electrons. The minimum absolute atomic E-state index is 0.0231. The third-order valence-electron chi connectivity index (χ3n) is 13.9. The van der Waals surface area contributed by atoms with Crippen molar-refractivity contribution >= 4 is 88.1 Å². The molecular weight excluding hydrogens is 1110 g/mol. The molecule has 0 spiro atoms. The molecule has 2 rings (SSSR count). The average molecular weight is 1200 g/mol. The number of nitrogens with zero attached hydrogens (tertiary/aromatic N) is 1. The predicted molar refractivity (Wildman–Crippen MR) is 310 cm³/mol. The molecule has 0 aliphatic rings. The Bertz CT molecular complexity index is 2630. The van der Waals surface area contributed by atoms with Crippen LogP contribution in [-0.2, 0) is 64.0 Å². The Labute approximate surface area is 492 Å². The van der Waals surface area contributed by atoms with Gasteiger partial charge in [-0.05, 0) is 69.4 Å². The molecule has 1 heterocycles. The number of H-pyrrole nitrogens is 1. The lowest BCUT2D eigenvalue weighted by Crippen LogP contribution is -2.63. The third kappa shape index (κ3) is 24.8. The zero-order valence-corrected chi connectivity index (χ0v) is 49.2. The molecule has 0 aliphatic heterocycles. The maximum atomic E-state index is 14.8. The summed E-state index contributed by atoms with van der Waals surface area (Å²) in [5, 5.41) is 56.8. The highest BCUT2D eigenvalue weighted by Gasteiger charge is 2.37. The van der Waals surface area contributed by atoms with Gasteiger partial charge in [-0.25, -0.2) is 0 Å². The molecule has 0 radical (unpaired) electrons. The van der Waals surface area contributed by atoms with E-state index in [1.165, 1.54) is 13.8 Å². The Morgan fingerprint density at radius 2 is 1.08 bits per heavy atom. The third-order valence-corrected chi connectivity index (χ3v) is 13.9. The number of fused-ring (bicyclic) bond motifs is 1. The van der Waals surface area contributed by atoms with Gasteiger partial charge >= 0.3 is 0 Å². The highest BCUT2D eigenvalue weighted by Crippen LogP contribution is 2.20. The molecule has 31 nitrogen and oxygen atoms in total. The number of rotatable bonds is 39. The van der Waals surface area contributed by atoms with Crippen LogP contribution in [0.5, 0.6) is 0 Å². The number of aliphatic imine (C=N–C) groups is 1. The van der Waals surface area contributed by atoms with Crippen LogP contribution >= 0.6 is 0 Å². The summed E-state index contributed by atoms with van der Waals surface area (Å²) in [5.41, 5.74) is 23.0. The molecule has 0 saturated heterocycles. The molecule has 2 aromatic rings. The maximum absolute atomic E-state index is 14.8. The van der Waals surface area contributed by atoms with E-state index in [-0.39, 0.29) is 69.4 Å². The van der Waals surface area contributed by atoms with Crippen molar-refractivity contribution in [2.45, 2.75) is 173 Å². The van der Waals surface area contributed by atoms with Gasteiger partial charge in [-0.15, -0.1) is 0 Å². The molecule has 1 aromatic heterocycles. The number of carbonyl (C=O) groups is 12. The number of hydrogen-bond donors (Lipinski definition) is 18. The van der Waals surface area contributed by atoms with Crippen molar-refractivity contribution < 1.29 is 72.9 Å². The summed E-state index contributed by atoms with van der Waals surface area (Å²) in [5.74, 6) is -11.4. The molecule has 11 amide bonds. The van der Waals surface area contributed by atoms with Gasteiger partial charge in [0.25, 0.3) is 0 Å². The lowest BCUT2D eigenvalue weighted by molar-refractivity contribution is -0.138. The first-order valence-corrected chi connectivity index (χ1v) is 28.1. The van der Waals surface area contributed by atoms with E-state index in [0.717, 1.165) is 6.92 Å². The molecule has 0 bridgehead atoms. The minimum atomic E-state index is -1.86. The van der Waals surface area contributed by atoms with Gasteiger partial charge in [-0.1, -0.05) is 58.7 Å². The molecule has 22 N–H and O–H groups in total. The largest absolute Gasteiger partial charge is 0.394 e. The average Bonchev–Trinajstić information content (AvgIpc) is 3.65. The molecule has 1 aromatic carbocycles. The number of aliphatic hydroxyl groups is 3. The standard InChI is InChI=1S/C54H88N16O15/c1-8-27(3)39(24-71)66-52(84)43(28(4)9-2)69-51(83)41(26-73)68-53(85)44(30(6)74)70-47(79)35(17-12-13-19-59-31(7)75)62-48(80)37(21-32-23-61-34-16-11-10-15-33(32)34)65-46(78)36(18-14-20-60-54(57)58)63-50(82)40(25-72)67-49(81)38(22-42(56)76)64-45(77)29(5)55/h10-11,15-16,23-24,27-30,35-41,43-44,61,72-74H,8-9,12-14,17-22,25-26,55H2,1-7H3,(H2,56,76)(H,59,75)(H,62,80)(H,63,82)(H,64,77)(H,65,78)(H,66,84)(H,67,81)(H,68,85)(H,69,83)(H,70,79)(H4,57,58,60)/t27-,28-,29-,30+,35-,36-,37-,38-,39+,40-,41-,43-,44-/m0/s1. The number of aromatic nitrogens is 1. The minimum Gasteiger partial charge on any atom is -0.394 e. The van der Waals surface area contributed by atoms with E-state index in [4.69, 9.17) is 22.9 Å². The molecule has 85 heavy (non-hydrogen) atoms. The van der Waals surface area contributed by atoms with Crippen LogP contribution in [0.2, 0.25) is 0 Å². The summed E-state index contributed by atoms with van der Waals surface area (Å²) >= 11 is 0. The zero-order chi connectivity index (χ0) is 64.1. The number of nitrogens with one attached hydrogen (secondary N) is 11. The summed E-state index contributed by atoms with van der Waals surface area (Å²) in [4.78, 5) is 167. The molecule has 0 aliphatic carbocycles. The van der Waals surface area contributed by atoms with Crippen molar-refractivity contribution in [3.05, 3.63) is 36.0 Å². The van der Waals surface area contributed by atoms with Crippen LogP contribution in [0.15, 0.2) is 35.5 Å². The van der Waals surface area contributed by atoms with Gasteiger partial charge in [0.1, 0.15) is 54.6 Å². The first-order chi connectivity index (χ1) is 40.1. The molecule has 31 heteroatoms. The summed E-state index contributed by atoms with van der Waals surface area (Å²) in [6.45, 7) is 8.77. The summed E-state index contributed by atoms with van der Waals surface area (Å²) in [7, 11) is 0. The van der Waals surface area contributed by atoms with E-state index in [0.29, 0.717) is 35.6 Å². The van der Waals surface area contributed by atoms with Crippen molar-refractivity contribution in [3.63, 3.8) is 0 Å². The smallest absolute Gasteiger partial charge is 0.245 e. The highest BCUT2D eigenvalue weighted by atomic mass is 16.3. The first-order valence-electron chi connectivity index (χ1n) is 28.1. The van der Waals surface area contributed by atoms with E-state index >= 15 is 0 Å². The van der Waals surface area contributed by atoms with Crippen LogP contribution in [0.4, 0.5) is 0 Å². The van der Waals surface area contributed by atoms with E-state index in [2.05, 4.69) is 63.1 Å². The Morgan fingerprint density at radius 3 is 1.62 bits per heavy atom. The van der Waals surface area contributed by atoms with Crippen LogP contribution in [0.1, 0.15) is 105 Å². The number of hydrogen-bond acceptors (Lipinski definition) is 17. The molecule has 13 atom stereocenters. The fourth-order valence-corrected chi connectivity index (χ4v) is 8.39. The second-order valence-electron chi connectivity index (χ2n) is 20.8. The number of guanidine groups is 1. The van der Waals surface area contributed by atoms with Crippen molar-refractivity contribution in [1.29, 1.82) is 0 Å². The number of unbranched alkanes of at least 4 members (excludes halogenated alkanes) is 1. The van der Waals surface area contributed by atoms with Gasteiger partial charge in [0.05, 0.1) is 37.8 Å². The van der Waals surface area contributed by atoms with Crippen molar-refractivity contribution in [2.24, 2.45) is 39.8 Å². The summed E-state index contributed by atoms with van der Waals surface area (Å²) in [6.07, 6.45) is 0.469. The lowest BCUT2D eigenvalue weighted by Gasteiger charge is -2.29. The monoisotopic (exact) mass is 1200 g/mol. The van der Waals surface area contributed by atoms with Crippen LogP contribution in [0.3, 0.4) is 0 Å². The maximum Gasteiger partial charge on any atom is 0.245 e. The zero-order valence-electron chi connectivity index (χ0n) is 49.2. The van der Waals surface area contributed by atoms with Gasteiger partial charge in [0.2, 0.25) is 65.0 Å². The number of para-hydroxylation sites is 1. The van der Waals surface area contributed by atoms with E-state index in [1.54, 1.807) is 51.2 Å². The SMILES string of the molecule is CC[C@H](C)[C@H](NC(=O)[C@H](CO)NC(=O)[C@@H](NC(=O)[C@H](CCCCNC(C)=O)NC(=O)[C@H](Cc1c[nH]c2ccccc12)NC(=O)[C@H](CCCN=C(N)N)NC(=O)[C@H](CO)NC(=O)[C@H](CC(N)=O)NC(=O)[C@H](C)N)[C@@H](C)O)C(=O)N[C@H](C=O)[C@@H](C)CC. The van der Waals surface area contributed by atoms with Gasteiger partial charge in [-0.3, -0.25) is 57.7 Å². The van der Waals surface area contributed by atoms with E-state index in [1.807, 2.05) is 6.92 Å². The lowest BCUT2D eigenvalue weighted by atomic mass is 9.95. The highest BCUT2D eigenvalue weighted by molar-refractivity contribution is 5.99. The van der Waals surface area contributed by atoms with Gasteiger partial charge in [-0.2, -0.15) is 0 Å². The van der Waals surface area contributed by atoms with E-state index < -0.39 is 151 Å². The van der Waals surface area contributed by atoms with Gasteiger partial charge < -0.3 is 101 Å². The number of amides is 11. The second-order valence-corrected chi connectivity index (χ2v) is 20.8. The first kappa shape index (κ1) is 72.8. The van der Waals surface area contributed by atoms with Gasteiger partial charge in [0, 0.05) is 43.5 Å². The normalized spacial score (nSPS) is 15.7. The topological polar surface area (TPSA) is 518 Å². The molecule has 0 fully saturated rings. The van der Waals surface area contributed by atoms with E-state index in [9.17, 15) is 72.9 Å². The van der Waals surface area contributed by atoms with Crippen LogP contribution < -0.4 is 76.1 Å². The van der Waals surface area contributed by atoms with Gasteiger partial charge in [0.15, 0.2) is 5.96 Å². The molecular formula is C54H88N16O15. The van der Waals surface area contributed by atoms with Crippen LogP contribution in [-0.4, -0.2) is 190 Å². The van der Waals surface area contributed by atoms with Crippen LogP contribution in [0, 0.1) is 11.8 Å². The summed E-state index contributed by atoms with van der Waals surface area (Å²) in [6, 6.07) is -8.02. The fourth-order valence-electron chi connectivity index (χ4n) is 8.39. The summed E-state index contributed by atoms with van der Waals surface area (Å²) < 4.78 is 0. The number of benzene rings is 1.